The minimum Gasteiger partial charge on any atom is -0.491 e. The van der Waals surface area contributed by atoms with E-state index in [1.807, 2.05) is 38.1 Å². The summed E-state index contributed by atoms with van der Waals surface area (Å²) in [4.78, 5) is 15.0. The van der Waals surface area contributed by atoms with E-state index in [9.17, 15) is 4.79 Å². The molecule has 1 N–H and O–H groups in total. The van der Waals surface area contributed by atoms with E-state index in [-0.39, 0.29) is 17.9 Å². The minimum atomic E-state index is -0.00657. The predicted molar refractivity (Wildman–Crippen MR) is 116 cm³/mol. The molecule has 1 saturated heterocycles. The standard InChI is InChI=1S/C23H29BrN2O2/c1-17-5-3-4-6-22(17)28-16-18(2)25-23(27)20-11-13-26(14-12-20)15-19-7-9-21(24)10-8-19/h3-10,18,20H,11-16H2,1-2H3,(H,25,27)/t18-/m1/s1. The number of halogens is 1. The average molecular weight is 445 g/mol. The molecule has 28 heavy (non-hydrogen) atoms. The van der Waals surface area contributed by atoms with Crippen molar-refractivity contribution in [1.82, 2.24) is 10.2 Å². The van der Waals surface area contributed by atoms with Gasteiger partial charge in [0.05, 0.1) is 6.04 Å². The normalized spacial score (nSPS) is 16.5. The Balaban J connectivity index is 1.39. The third-order valence-corrected chi connectivity index (χ3v) is 5.78. The zero-order chi connectivity index (χ0) is 19.9. The second-order valence-electron chi connectivity index (χ2n) is 7.66. The number of aryl methyl sites for hydroxylation is 1. The zero-order valence-corrected chi connectivity index (χ0v) is 18.2. The molecule has 0 radical (unpaired) electrons. The highest BCUT2D eigenvalue weighted by molar-refractivity contribution is 9.10. The van der Waals surface area contributed by atoms with Gasteiger partial charge in [0.2, 0.25) is 5.91 Å². The van der Waals surface area contributed by atoms with Gasteiger partial charge < -0.3 is 10.1 Å². The van der Waals surface area contributed by atoms with Crippen LogP contribution in [-0.2, 0) is 11.3 Å². The maximum absolute atomic E-state index is 12.6. The summed E-state index contributed by atoms with van der Waals surface area (Å²) >= 11 is 3.47. The summed E-state index contributed by atoms with van der Waals surface area (Å²) in [5, 5.41) is 3.12. The highest BCUT2D eigenvalue weighted by Crippen LogP contribution is 2.21. The molecule has 1 heterocycles. The highest BCUT2D eigenvalue weighted by atomic mass is 79.9. The van der Waals surface area contributed by atoms with Gasteiger partial charge in [0.1, 0.15) is 12.4 Å². The summed E-state index contributed by atoms with van der Waals surface area (Å²) in [7, 11) is 0. The van der Waals surface area contributed by atoms with Crippen LogP contribution in [0.3, 0.4) is 0 Å². The highest BCUT2D eigenvalue weighted by Gasteiger charge is 2.25. The molecule has 0 bridgehead atoms. The van der Waals surface area contributed by atoms with Crippen molar-refractivity contribution in [2.24, 2.45) is 5.92 Å². The Labute approximate surface area is 176 Å². The SMILES string of the molecule is Cc1ccccc1OC[C@@H](C)NC(=O)C1CCN(Cc2ccc(Br)cc2)CC1. The first-order chi connectivity index (χ1) is 13.5. The van der Waals surface area contributed by atoms with Gasteiger partial charge in [-0.25, -0.2) is 0 Å². The number of likely N-dealkylation sites (tertiary alicyclic amines) is 1. The first kappa shape index (κ1) is 20.9. The molecule has 0 unspecified atom stereocenters. The molecule has 1 aliphatic heterocycles. The number of carbonyl (C=O) groups is 1. The van der Waals surface area contributed by atoms with Gasteiger partial charge in [0.15, 0.2) is 0 Å². The molecule has 1 fully saturated rings. The Kier molecular flexibility index (Phi) is 7.51. The van der Waals surface area contributed by atoms with Crippen molar-refractivity contribution < 1.29 is 9.53 Å². The van der Waals surface area contributed by atoms with Crippen LogP contribution >= 0.6 is 15.9 Å². The zero-order valence-electron chi connectivity index (χ0n) is 16.7. The van der Waals surface area contributed by atoms with E-state index in [0.717, 1.165) is 48.3 Å². The van der Waals surface area contributed by atoms with E-state index in [2.05, 4.69) is 50.4 Å². The smallest absolute Gasteiger partial charge is 0.223 e. The Morgan fingerprint density at radius 3 is 2.54 bits per heavy atom. The summed E-state index contributed by atoms with van der Waals surface area (Å²) < 4.78 is 6.96. The predicted octanol–water partition coefficient (Wildman–Crippen LogP) is 4.55. The number of piperidine rings is 1. The maximum Gasteiger partial charge on any atom is 0.223 e. The lowest BCUT2D eigenvalue weighted by Crippen LogP contribution is -2.44. The van der Waals surface area contributed by atoms with Crippen LogP contribution in [0.5, 0.6) is 5.75 Å². The number of hydrogen-bond acceptors (Lipinski definition) is 3. The van der Waals surface area contributed by atoms with E-state index in [1.165, 1.54) is 5.56 Å². The lowest BCUT2D eigenvalue weighted by Gasteiger charge is -2.32. The van der Waals surface area contributed by atoms with Crippen molar-refractivity contribution in [2.75, 3.05) is 19.7 Å². The number of para-hydroxylation sites is 1. The Morgan fingerprint density at radius 1 is 1.18 bits per heavy atom. The summed E-state index contributed by atoms with van der Waals surface area (Å²) in [6.45, 7) is 7.38. The first-order valence-corrected chi connectivity index (χ1v) is 10.8. The van der Waals surface area contributed by atoms with Crippen LogP contribution in [-0.4, -0.2) is 36.5 Å². The van der Waals surface area contributed by atoms with Crippen molar-refractivity contribution in [3.8, 4) is 5.75 Å². The fourth-order valence-corrected chi connectivity index (χ4v) is 3.80. The van der Waals surface area contributed by atoms with Gasteiger partial charge in [-0.3, -0.25) is 9.69 Å². The number of benzene rings is 2. The molecule has 150 valence electrons. The molecule has 0 saturated carbocycles. The number of carbonyl (C=O) groups excluding carboxylic acids is 1. The molecule has 0 aromatic heterocycles. The molecule has 1 atom stereocenters. The molecule has 0 spiro atoms. The number of ether oxygens (including phenoxy) is 1. The topological polar surface area (TPSA) is 41.6 Å². The van der Waals surface area contributed by atoms with Gasteiger partial charge in [-0.05, 0) is 69.1 Å². The molecular weight excluding hydrogens is 416 g/mol. The molecule has 0 aliphatic carbocycles. The van der Waals surface area contributed by atoms with Crippen molar-refractivity contribution in [2.45, 2.75) is 39.3 Å². The second-order valence-corrected chi connectivity index (χ2v) is 8.58. The Morgan fingerprint density at radius 2 is 1.86 bits per heavy atom. The third-order valence-electron chi connectivity index (χ3n) is 5.25. The van der Waals surface area contributed by atoms with Crippen LogP contribution in [0.25, 0.3) is 0 Å². The fourth-order valence-electron chi connectivity index (χ4n) is 3.54. The van der Waals surface area contributed by atoms with E-state index >= 15 is 0 Å². The molecule has 1 amide bonds. The second kappa shape index (κ2) is 10.1. The van der Waals surface area contributed by atoms with E-state index in [1.54, 1.807) is 0 Å². The Hall–Kier alpha value is -1.85. The van der Waals surface area contributed by atoms with Crippen LogP contribution in [0.4, 0.5) is 0 Å². The van der Waals surface area contributed by atoms with Crippen molar-refractivity contribution in [3.63, 3.8) is 0 Å². The summed E-state index contributed by atoms with van der Waals surface area (Å²) in [6, 6.07) is 16.4. The van der Waals surface area contributed by atoms with Gasteiger partial charge >= 0.3 is 0 Å². The summed E-state index contributed by atoms with van der Waals surface area (Å²) in [5.41, 5.74) is 2.42. The van der Waals surface area contributed by atoms with E-state index in [4.69, 9.17) is 4.74 Å². The maximum atomic E-state index is 12.6. The van der Waals surface area contributed by atoms with Crippen LogP contribution in [0.15, 0.2) is 53.0 Å². The molecule has 4 nitrogen and oxygen atoms in total. The number of rotatable bonds is 7. The monoisotopic (exact) mass is 444 g/mol. The van der Waals surface area contributed by atoms with Crippen LogP contribution in [0.2, 0.25) is 0 Å². The lowest BCUT2D eigenvalue weighted by atomic mass is 9.95. The minimum absolute atomic E-state index is 0.00657. The molecule has 3 rings (SSSR count). The largest absolute Gasteiger partial charge is 0.491 e. The third kappa shape index (κ3) is 6.08. The number of amides is 1. The van der Waals surface area contributed by atoms with E-state index < -0.39 is 0 Å². The summed E-state index contributed by atoms with van der Waals surface area (Å²) in [5.74, 6) is 1.14. The molecular formula is C23H29BrN2O2. The quantitative estimate of drug-likeness (QED) is 0.680. The Bertz CT molecular complexity index is 770. The average Bonchev–Trinajstić information content (AvgIpc) is 2.69. The lowest BCUT2D eigenvalue weighted by molar-refractivity contribution is -0.127. The molecule has 5 heteroatoms. The first-order valence-electron chi connectivity index (χ1n) is 9.97. The van der Waals surface area contributed by atoms with Crippen molar-refractivity contribution in [1.29, 1.82) is 0 Å². The fraction of sp³-hybridized carbons (Fsp3) is 0.435. The van der Waals surface area contributed by atoms with Crippen molar-refractivity contribution in [3.05, 3.63) is 64.1 Å². The number of nitrogens with zero attached hydrogens (tertiary/aromatic N) is 1. The van der Waals surface area contributed by atoms with Gasteiger partial charge in [0.25, 0.3) is 0 Å². The van der Waals surface area contributed by atoms with Gasteiger partial charge in [-0.2, -0.15) is 0 Å². The van der Waals surface area contributed by atoms with Gasteiger partial charge in [0, 0.05) is 16.9 Å². The van der Waals surface area contributed by atoms with Crippen LogP contribution < -0.4 is 10.1 Å². The van der Waals surface area contributed by atoms with E-state index in [0.29, 0.717) is 6.61 Å². The van der Waals surface area contributed by atoms with Crippen molar-refractivity contribution >= 4 is 21.8 Å². The van der Waals surface area contributed by atoms with Crippen LogP contribution in [0, 0.1) is 12.8 Å². The number of hydrogen-bond donors (Lipinski definition) is 1. The number of nitrogens with one attached hydrogen (secondary N) is 1. The molecule has 2 aromatic rings. The molecule has 2 aromatic carbocycles. The summed E-state index contributed by atoms with van der Waals surface area (Å²) in [6.07, 6.45) is 1.82. The molecule has 1 aliphatic rings. The van der Waals surface area contributed by atoms with Gasteiger partial charge in [-0.15, -0.1) is 0 Å². The van der Waals surface area contributed by atoms with Gasteiger partial charge in [-0.1, -0.05) is 46.3 Å². The van der Waals surface area contributed by atoms with Crippen LogP contribution in [0.1, 0.15) is 30.9 Å².